The third-order valence-electron chi connectivity index (χ3n) is 5.51. The predicted octanol–water partition coefficient (Wildman–Crippen LogP) is 3.22. The van der Waals surface area contributed by atoms with Crippen LogP contribution in [0.2, 0.25) is 0 Å². The number of amides is 1. The molecule has 2 aliphatic heterocycles. The number of rotatable bonds is 1. The smallest absolute Gasteiger partial charge is 0.264 e. The minimum Gasteiger partial charge on any atom is -0.337 e. The molecule has 6 heteroatoms. The molecule has 0 unspecified atom stereocenters. The van der Waals surface area contributed by atoms with Gasteiger partial charge in [-0.2, -0.15) is 0 Å². The minimum absolute atomic E-state index is 0.0351. The zero-order chi connectivity index (χ0) is 17.7. The largest absolute Gasteiger partial charge is 0.337 e. The first-order valence-corrected chi connectivity index (χ1v) is 10.1. The van der Waals surface area contributed by atoms with E-state index < -0.39 is 0 Å². The Kier molecular flexibility index (Phi) is 4.18. The van der Waals surface area contributed by atoms with Crippen molar-refractivity contribution in [2.24, 2.45) is 11.8 Å². The van der Waals surface area contributed by atoms with Crippen LogP contribution in [-0.4, -0.2) is 33.4 Å². The Morgan fingerprint density at radius 2 is 1.92 bits per heavy atom. The Bertz CT molecular complexity index is 888. The molecule has 0 N–H and O–H groups in total. The molecule has 2 aromatic rings. The van der Waals surface area contributed by atoms with Gasteiger partial charge in [-0.25, -0.2) is 4.98 Å². The molecule has 5 nitrogen and oxygen atoms in total. The second kappa shape index (κ2) is 6.24. The van der Waals surface area contributed by atoms with Crippen molar-refractivity contribution in [1.82, 2.24) is 14.5 Å². The summed E-state index contributed by atoms with van der Waals surface area (Å²) in [6, 6.07) is 0. The Morgan fingerprint density at radius 1 is 1.20 bits per heavy atom. The van der Waals surface area contributed by atoms with Gasteiger partial charge >= 0.3 is 0 Å². The molecule has 0 radical (unpaired) electrons. The van der Waals surface area contributed by atoms with Crippen molar-refractivity contribution < 1.29 is 4.79 Å². The molecule has 0 aliphatic carbocycles. The highest BCUT2D eigenvalue weighted by Crippen LogP contribution is 2.31. The van der Waals surface area contributed by atoms with Crippen LogP contribution in [0.4, 0.5) is 0 Å². The van der Waals surface area contributed by atoms with Gasteiger partial charge in [0.05, 0.1) is 10.3 Å². The molecular formula is C19H25N3O2S. The van der Waals surface area contributed by atoms with Gasteiger partial charge in [0.1, 0.15) is 10.7 Å². The van der Waals surface area contributed by atoms with Crippen LogP contribution in [0.3, 0.4) is 0 Å². The number of thiophene rings is 1. The van der Waals surface area contributed by atoms with E-state index >= 15 is 0 Å². The first kappa shape index (κ1) is 16.8. The van der Waals surface area contributed by atoms with Crippen molar-refractivity contribution in [3.05, 3.63) is 26.6 Å². The zero-order valence-electron chi connectivity index (χ0n) is 15.2. The molecule has 0 aromatic carbocycles. The predicted molar refractivity (Wildman–Crippen MR) is 100 cm³/mol. The van der Waals surface area contributed by atoms with Crippen LogP contribution in [0.1, 0.15) is 54.2 Å². The number of hydrogen-bond donors (Lipinski definition) is 0. The highest BCUT2D eigenvalue weighted by molar-refractivity contribution is 7.20. The minimum atomic E-state index is 0.0351. The molecule has 1 saturated heterocycles. The summed E-state index contributed by atoms with van der Waals surface area (Å²) < 4.78 is 1.81. The third kappa shape index (κ3) is 2.80. The lowest BCUT2D eigenvalue weighted by atomic mass is 9.92. The van der Waals surface area contributed by atoms with Crippen molar-refractivity contribution in [3.63, 3.8) is 0 Å². The molecule has 0 spiro atoms. The highest BCUT2D eigenvalue weighted by atomic mass is 32.1. The monoisotopic (exact) mass is 359 g/mol. The van der Waals surface area contributed by atoms with Crippen molar-refractivity contribution in [2.75, 3.05) is 13.1 Å². The quantitative estimate of drug-likeness (QED) is 0.785. The molecular weight excluding hydrogens is 334 g/mol. The Balaban J connectivity index is 1.78. The molecule has 2 aliphatic rings. The summed E-state index contributed by atoms with van der Waals surface area (Å²) in [5.74, 6) is 2.00. The van der Waals surface area contributed by atoms with Crippen molar-refractivity contribution in [3.8, 4) is 0 Å². The lowest BCUT2D eigenvalue weighted by molar-refractivity contribution is 0.0627. The average molecular weight is 359 g/mol. The van der Waals surface area contributed by atoms with Gasteiger partial charge in [0.15, 0.2) is 0 Å². The fourth-order valence-electron chi connectivity index (χ4n) is 4.41. The summed E-state index contributed by atoms with van der Waals surface area (Å²) in [6.07, 6.45) is 4.13. The summed E-state index contributed by atoms with van der Waals surface area (Å²) in [6.45, 7) is 8.67. The first-order chi connectivity index (χ1) is 12.0. The summed E-state index contributed by atoms with van der Waals surface area (Å²) in [5, 5.41) is 0.650. The van der Waals surface area contributed by atoms with Crippen LogP contribution >= 0.6 is 11.3 Å². The van der Waals surface area contributed by atoms with Gasteiger partial charge in [-0.15, -0.1) is 11.3 Å². The lowest BCUT2D eigenvalue weighted by Crippen LogP contribution is -2.42. The van der Waals surface area contributed by atoms with Crippen LogP contribution in [0.25, 0.3) is 10.2 Å². The van der Waals surface area contributed by atoms with E-state index in [-0.39, 0.29) is 11.5 Å². The number of fused-ring (bicyclic) bond motifs is 2. The fraction of sp³-hybridized carbons (Fsp3) is 0.632. The normalized spacial score (nSPS) is 23.7. The van der Waals surface area contributed by atoms with Gasteiger partial charge in [0, 0.05) is 26.1 Å². The second-order valence-electron chi connectivity index (χ2n) is 7.83. The molecule has 1 amide bonds. The zero-order valence-corrected chi connectivity index (χ0v) is 16.0. The van der Waals surface area contributed by atoms with Gasteiger partial charge in [0.25, 0.3) is 11.5 Å². The maximum atomic E-state index is 13.1. The van der Waals surface area contributed by atoms with E-state index in [1.54, 1.807) is 0 Å². The highest BCUT2D eigenvalue weighted by Gasteiger charge is 2.29. The maximum Gasteiger partial charge on any atom is 0.264 e. The lowest BCUT2D eigenvalue weighted by Gasteiger charge is -2.34. The molecule has 25 heavy (non-hydrogen) atoms. The number of carbonyl (C=O) groups excluding carboxylic acids is 1. The number of likely N-dealkylation sites (tertiary alicyclic amines) is 1. The third-order valence-corrected chi connectivity index (χ3v) is 6.69. The summed E-state index contributed by atoms with van der Waals surface area (Å²) in [5.41, 5.74) is 0.849. The van der Waals surface area contributed by atoms with E-state index in [1.165, 1.54) is 17.8 Å². The molecule has 2 atom stereocenters. The number of piperidine rings is 1. The number of hydrogen-bond acceptors (Lipinski definition) is 4. The van der Waals surface area contributed by atoms with Gasteiger partial charge in [-0.3, -0.25) is 14.2 Å². The molecule has 4 heterocycles. The van der Waals surface area contributed by atoms with E-state index in [4.69, 9.17) is 4.98 Å². The SMILES string of the molecule is Cc1c(C(=O)N2C[C@H](C)C[C@@H](C)C2)sc2nc3n(c(=O)c12)CCCC3. The summed E-state index contributed by atoms with van der Waals surface area (Å²) >= 11 is 1.40. The van der Waals surface area contributed by atoms with E-state index in [0.29, 0.717) is 22.1 Å². The maximum absolute atomic E-state index is 13.1. The molecule has 1 fully saturated rings. The average Bonchev–Trinajstić information content (AvgIpc) is 2.90. The van der Waals surface area contributed by atoms with E-state index in [0.717, 1.165) is 55.1 Å². The molecule has 2 aromatic heterocycles. The molecule has 134 valence electrons. The van der Waals surface area contributed by atoms with Gasteiger partial charge in [-0.1, -0.05) is 13.8 Å². The standard InChI is InChI=1S/C19H25N3O2S/c1-11-8-12(2)10-21(9-11)19(24)16-13(3)15-17(25-16)20-14-6-4-5-7-22(14)18(15)23/h11-12H,4-10H2,1-3H3/t11-,12-/m1/s1. The van der Waals surface area contributed by atoms with Gasteiger partial charge < -0.3 is 4.90 Å². The Hall–Kier alpha value is -1.69. The summed E-state index contributed by atoms with van der Waals surface area (Å²) in [7, 11) is 0. The topological polar surface area (TPSA) is 55.2 Å². The van der Waals surface area contributed by atoms with E-state index in [1.807, 2.05) is 16.4 Å². The van der Waals surface area contributed by atoms with Gasteiger partial charge in [-0.05, 0) is 43.6 Å². The number of carbonyl (C=O) groups is 1. The fourth-order valence-corrected chi connectivity index (χ4v) is 5.57. The van der Waals surface area contributed by atoms with Crippen molar-refractivity contribution in [1.29, 1.82) is 0 Å². The van der Waals surface area contributed by atoms with E-state index in [2.05, 4.69) is 13.8 Å². The second-order valence-corrected chi connectivity index (χ2v) is 8.83. The summed E-state index contributed by atoms with van der Waals surface area (Å²) in [4.78, 5) is 34.2. The first-order valence-electron chi connectivity index (χ1n) is 9.27. The van der Waals surface area contributed by atoms with Crippen LogP contribution in [0.15, 0.2) is 4.79 Å². The van der Waals surface area contributed by atoms with Crippen LogP contribution in [-0.2, 0) is 13.0 Å². The molecule has 0 bridgehead atoms. The Morgan fingerprint density at radius 3 is 2.64 bits per heavy atom. The van der Waals surface area contributed by atoms with E-state index in [9.17, 15) is 9.59 Å². The number of aromatic nitrogens is 2. The van der Waals surface area contributed by atoms with Crippen molar-refractivity contribution >= 4 is 27.5 Å². The van der Waals surface area contributed by atoms with Gasteiger partial charge in [0.2, 0.25) is 0 Å². The van der Waals surface area contributed by atoms with Crippen LogP contribution in [0, 0.1) is 18.8 Å². The Labute approximate surface area is 151 Å². The molecule has 0 saturated carbocycles. The number of nitrogens with zero attached hydrogens (tertiary/aromatic N) is 3. The van der Waals surface area contributed by atoms with Crippen LogP contribution < -0.4 is 5.56 Å². The van der Waals surface area contributed by atoms with Crippen LogP contribution in [0.5, 0.6) is 0 Å². The van der Waals surface area contributed by atoms with Crippen molar-refractivity contribution in [2.45, 2.75) is 53.0 Å². The molecule has 4 rings (SSSR count). The number of aryl methyl sites for hydroxylation is 2.